The van der Waals surface area contributed by atoms with E-state index in [9.17, 15) is 4.79 Å². The Hall–Kier alpha value is -3.60. The average molecular weight is 454 g/mol. The molecule has 4 aromatic rings. The molecule has 1 saturated heterocycles. The summed E-state index contributed by atoms with van der Waals surface area (Å²) >= 11 is 0. The van der Waals surface area contributed by atoms with Gasteiger partial charge in [0.15, 0.2) is 0 Å². The van der Waals surface area contributed by atoms with Crippen LogP contribution in [-0.2, 0) is 17.8 Å². The third kappa shape index (κ3) is 4.43. The van der Waals surface area contributed by atoms with Crippen LogP contribution in [0.25, 0.3) is 11.0 Å². The van der Waals surface area contributed by atoms with Gasteiger partial charge >= 0.3 is 0 Å². The number of imidazole rings is 1. The van der Waals surface area contributed by atoms with Gasteiger partial charge in [0.05, 0.1) is 23.6 Å². The fourth-order valence-electron chi connectivity index (χ4n) is 4.91. The molecular formula is C29H31N3O2. The minimum atomic E-state index is 0.0472. The summed E-state index contributed by atoms with van der Waals surface area (Å²) in [6.07, 6.45) is 1.50. The van der Waals surface area contributed by atoms with Crippen molar-refractivity contribution in [3.8, 4) is 5.75 Å². The number of ether oxygens (including phenoxy) is 1. The van der Waals surface area contributed by atoms with Crippen LogP contribution in [0.5, 0.6) is 5.75 Å². The van der Waals surface area contributed by atoms with E-state index in [-0.39, 0.29) is 17.9 Å². The summed E-state index contributed by atoms with van der Waals surface area (Å²) in [4.78, 5) is 20.0. The maximum atomic E-state index is 13.0. The fraction of sp³-hybridized carbons (Fsp3) is 0.310. The maximum Gasteiger partial charge on any atom is 0.223 e. The molecule has 2 heterocycles. The standard InChI is InChI=1S/C29H31N3O2/c1-3-22-13-15-25(16-14-22)34-18-17-31-27-12-8-7-11-26(27)30-29(31)24-19-28(33)32(20-24)21(2)23-9-5-4-6-10-23/h4-16,21,24H,3,17-20H2,1-2H3. The number of amides is 1. The summed E-state index contributed by atoms with van der Waals surface area (Å²) in [5, 5.41) is 0. The van der Waals surface area contributed by atoms with Crippen molar-refractivity contribution in [1.29, 1.82) is 0 Å². The summed E-state index contributed by atoms with van der Waals surface area (Å²) in [6.45, 7) is 6.17. The highest BCUT2D eigenvalue weighted by Crippen LogP contribution is 2.35. The molecule has 0 N–H and O–H groups in total. The Labute approximate surface area is 201 Å². The highest BCUT2D eigenvalue weighted by molar-refractivity contribution is 5.81. The topological polar surface area (TPSA) is 47.4 Å². The van der Waals surface area contributed by atoms with Crippen LogP contribution >= 0.6 is 0 Å². The van der Waals surface area contributed by atoms with E-state index < -0.39 is 0 Å². The van der Waals surface area contributed by atoms with Crippen LogP contribution in [0.15, 0.2) is 78.9 Å². The van der Waals surface area contributed by atoms with Crippen molar-refractivity contribution in [2.24, 2.45) is 0 Å². The lowest BCUT2D eigenvalue weighted by molar-refractivity contribution is -0.129. The summed E-state index contributed by atoms with van der Waals surface area (Å²) in [7, 11) is 0. The molecular weight excluding hydrogens is 422 g/mol. The average Bonchev–Trinajstić information content (AvgIpc) is 3.45. The molecule has 1 aromatic heterocycles. The second kappa shape index (κ2) is 9.72. The molecule has 3 aromatic carbocycles. The maximum absolute atomic E-state index is 13.0. The quantitative estimate of drug-likeness (QED) is 0.341. The van der Waals surface area contributed by atoms with Crippen LogP contribution < -0.4 is 4.74 Å². The number of likely N-dealkylation sites (tertiary alicyclic amines) is 1. The number of carbonyl (C=O) groups excluding carboxylic acids is 1. The molecule has 1 amide bonds. The van der Waals surface area contributed by atoms with E-state index in [4.69, 9.17) is 9.72 Å². The number of aromatic nitrogens is 2. The van der Waals surface area contributed by atoms with Gasteiger partial charge in [-0.25, -0.2) is 4.98 Å². The molecule has 0 radical (unpaired) electrons. The molecule has 5 nitrogen and oxygen atoms in total. The van der Waals surface area contributed by atoms with Crippen LogP contribution in [-0.4, -0.2) is 33.5 Å². The molecule has 5 heteroatoms. The Morgan fingerprint density at radius 1 is 1.00 bits per heavy atom. The summed E-state index contributed by atoms with van der Waals surface area (Å²) in [5.41, 5.74) is 4.51. The molecule has 1 aliphatic rings. The Balaban J connectivity index is 1.36. The van der Waals surface area contributed by atoms with E-state index in [0.717, 1.165) is 34.6 Å². The first-order chi connectivity index (χ1) is 16.6. The number of fused-ring (bicyclic) bond motifs is 1. The smallest absolute Gasteiger partial charge is 0.223 e. The van der Waals surface area contributed by atoms with E-state index in [1.165, 1.54) is 5.56 Å². The number of rotatable bonds is 8. The van der Waals surface area contributed by atoms with Crippen LogP contribution in [0.3, 0.4) is 0 Å². The first kappa shape index (κ1) is 22.2. The van der Waals surface area contributed by atoms with Gasteiger partial charge in [0.2, 0.25) is 5.91 Å². The first-order valence-corrected chi connectivity index (χ1v) is 12.2. The van der Waals surface area contributed by atoms with Gasteiger partial charge in [-0.05, 0) is 48.7 Å². The molecule has 0 bridgehead atoms. The van der Waals surface area contributed by atoms with Gasteiger partial charge in [0.1, 0.15) is 18.2 Å². The highest BCUT2D eigenvalue weighted by atomic mass is 16.5. The third-order valence-electron chi connectivity index (χ3n) is 6.87. The number of hydrogen-bond acceptors (Lipinski definition) is 3. The van der Waals surface area contributed by atoms with Gasteiger partial charge in [-0.15, -0.1) is 0 Å². The number of nitrogens with zero attached hydrogens (tertiary/aromatic N) is 3. The molecule has 1 aliphatic heterocycles. The van der Waals surface area contributed by atoms with Crippen LogP contribution in [0.1, 0.15) is 49.2 Å². The molecule has 0 aliphatic carbocycles. The number of benzene rings is 3. The van der Waals surface area contributed by atoms with Crippen molar-refractivity contribution < 1.29 is 9.53 Å². The van der Waals surface area contributed by atoms with Gasteiger partial charge < -0.3 is 14.2 Å². The largest absolute Gasteiger partial charge is 0.492 e. The lowest BCUT2D eigenvalue weighted by Crippen LogP contribution is -2.28. The zero-order valence-corrected chi connectivity index (χ0v) is 19.9. The Bertz CT molecular complexity index is 1260. The van der Waals surface area contributed by atoms with Crippen LogP contribution in [0.4, 0.5) is 0 Å². The summed E-state index contributed by atoms with van der Waals surface area (Å²) in [5.74, 6) is 2.10. The summed E-state index contributed by atoms with van der Waals surface area (Å²) in [6, 6.07) is 26.8. The zero-order chi connectivity index (χ0) is 23.5. The second-order valence-corrected chi connectivity index (χ2v) is 8.99. The SMILES string of the molecule is CCc1ccc(OCCn2c(C3CC(=O)N(C(C)c4ccccc4)C3)nc3ccccc32)cc1. The monoisotopic (exact) mass is 453 g/mol. The van der Waals surface area contributed by atoms with Gasteiger partial charge in [-0.3, -0.25) is 4.79 Å². The van der Waals surface area contributed by atoms with Crippen molar-refractivity contribution >= 4 is 16.9 Å². The van der Waals surface area contributed by atoms with Crippen molar-refractivity contribution in [3.05, 3.63) is 95.8 Å². The van der Waals surface area contributed by atoms with Crippen molar-refractivity contribution in [2.45, 2.75) is 45.2 Å². The molecule has 0 saturated carbocycles. The number of aryl methyl sites for hydroxylation is 1. The van der Waals surface area contributed by atoms with E-state index in [1.807, 2.05) is 53.4 Å². The minimum absolute atomic E-state index is 0.0472. The van der Waals surface area contributed by atoms with E-state index in [1.54, 1.807) is 0 Å². The number of para-hydroxylation sites is 2. The van der Waals surface area contributed by atoms with Crippen molar-refractivity contribution in [2.75, 3.05) is 13.2 Å². The van der Waals surface area contributed by atoms with Gasteiger partial charge in [-0.1, -0.05) is 61.5 Å². The normalized spacial score (nSPS) is 16.8. The van der Waals surface area contributed by atoms with Gasteiger partial charge in [0, 0.05) is 18.9 Å². The highest BCUT2D eigenvalue weighted by Gasteiger charge is 2.36. The zero-order valence-electron chi connectivity index (χ0n) is 19.9. The van der Waals surface area contributed by atoms with Crippen molar-refractivity contribution in [1.82, 2.24) is 14.5 Å². The fourth-order valence-corrected chi connectivity index (χ4v) is 4.91. The molecule has 1 fully saturated rings. The molecule has 174 valence electrons. The van der Waals surface area contributed by atoms with Crippen LogP contribution in [0.2, 0.25) is 0 Å². The minimum Gasteiger partial charge on any atom is -0.492 e. The van der Waals surface area contributed by atoms with Crippen LogP contribution in [0, 0.1) is 0 Å². The third-order valence-corrected chi connectivity index (χ3v) is 6.87. The molecule has 0 spiro atoms. The summed E-state index contributed by atoms with van der Waals surface area (Å²) < 4.78 is 8.30. The molecule has 34 heavy (non-hydrogen) atoms. The Kier molecular flexibility index (Phi) is 6.35. The van der Waals surface area contributed by atoms with E-state index in [0.29, 0.717) is 26.1 Å². The lowest BCUT2D eigenvalue weighted by atomic mass is 10.1. The number of carbonyl (C=O) groups is 1. The first-order valence-electron chi connectivity index (χ1n) is 12.2. The predicted octanol–water partition coefficient (Wildman–Crippen LogP) is 5.75. The molecule has 5 rings (SSSR count). The Morgan fingerprint density at radius 3 is 2.50 bits per heavy atom. The predicted molar refractivity (Wildman–Crippen MR) is 135 cm³/mol. The Morgan fingerprint density at radius 2 is 1.74 bits per heavy atom. The molecule has 2 unspecified atom stereocenters. The molecule has 2 atom stereocenters. The van der Waals surface area contributed by atoms with Gasteiger partial charge in [-0.2, -0.15) is 0 Å². The van der Waals surface area contributed by atoms with E-state index >= 15 is 0 Å². The van der Waals surface area contributed by atoms with Crippen molar-refractivity contribution in [3.63, 3.8) is 0 Å². The van der Waals surface area contributed by atoms with Gasteiger partial charge in [0.25, 0.3) is 0 Å². The number of hydrogen-bond donors (Lipinski definition) is 0. The van der Waals surface area contributed by atoms with E-state index in [2.05, 4.69) is 48.7 Å². The lowest BCUT2D eigenvalue weighted by Gasteiger charge is -2.25. The second-order valence-electron chi connectivity index (χ2n) is 8.99.